The van der Waals surface area contributed by atoms with Crippen LogP contribution in [0.3, 0.4) is 0 Å². The van der Waals surface area contributed by atoms with Crippen LogP contribution in [0.5, 0.6) is 0 Å². The molecule has 0 saturated carbocycles. The third kappa shape index (κ3) is 4.36. The van der Waals surface area contributed by atoms with E-state index in [0.29, 0.717) is 0 Å². The molecule has 262 valence electrons. The van der Waals surface area contributed by atoms with Crippen LogP contribution in [0.2, 0.25) is 0 Å². The number of anilines is 3. The van der Waals surface area contributed by atoms with Crippen molar-refractivity contribution in [2.75, 3.05) is 4.90 Å². The van der Waals surface area contributed by atoms with Crippen LogP contribution < -0.4 is 4.90 Å². The van der Waals surface area contributed by atoms with Crippen LogP contribution in [-0.4, -0.2) is 0 Å². The molecular formula is C54H41N. The van der Waals surface area contributed by atoms with Gasteiger partial charge < -0.3 is 4.90 Å². The Bertz CT molecular complexity index is 2820. The van der Waals surface area contributed by atoms with Gasteiger partial charge in [-0.25, -0.2) is 0 Å². The minimum Gasteiger partial charge on any atom is -0.310 e. The van der Waals surface area contributed by atoms with E-state index in [1.807, 2.05) is 0 Å². The maximum Gasteiger partial charge on any atom is 0.0725 e. The van der Waals surface area contributed by atoms with Crippen LogP contribution in [0, 0.1) is 13.8 Å². The van der Waals surface area contributed by atoms with Gasteiger partial charge in [-0.3, -0.25) is 0 Å². The summed E-state index contributed by atoms with van der Waals surface area (Å²) in [6.45, 7) is 9.20. The lowest BCUT2D eigenvalue weighted by molar-refractivity contribution is 0.660. The van der Waals surface area contributed by atoms with E-state index in [0.717, 1.165) is 17.1 Å². The monoisotopic (exact) mass is 703 g/mol. The maximum atomic E-state index is 2.50. The number of para-hydroxylation sites is 1. The van der Waals surface area contributed by atoms with E-state index in [-0.39, 0.29) is 10.8 Å². The SMILES string of the molecule is Cc1ccc2c(c1)C1(c3ccccc3-c3cc(N(c4ccc5c(c4)C(C)(C)c4ccccc4-5)c4ccccc4-c4ccccc4)ccc31)c1cc(C)ccc1-2. The van der Waals surface area contributed by atoms with E-state index in [1.165, 1.54) is 89.0 Å². The first-order valence-corrected chi connectivity index (χ1v) is 19.5. The van der Waals surface area contributed by atoms with Crippen molar-refractivity contribution in [1.82, 2.24) is 0 Å². The number of benzene rings is 8. The number of aryl methyl sites for hydroxylation is 2. The van der Waals surface area contributed by atoms with Gasteiger partial charge in [-0.05, 0) is 117 Å². The fourth-order valence-electron chi connectivity index (χ4n) is 10.3. The first kappa shape index (κ1) is 32.0. The maximum absolute atomic E-state index is 2.50. The second-order valence-corrected chi connectivity index (χ2v) is 16.2. The third-order valence-corrected chi connectivity index (χ3v) is 12.8. The number of hydrogen-bond acceptors (Lipinski definition) is 1. The minimum absolute atomic E-state index is 0.116. The molecule has 0 amide bonds. The van der Waals surface area contributed by atoms with Gasteiger partial charge in [0.2, 0.25) is 0 Å². The minimum atomic E-state index is -0.386. The summed E-state index contributed by atoms with van der Waals surface area (Å²) in [5, 5.41) is 0. The predicted octanol–water partition coefficient (Wildman–Crippen LogP) is 14.1. The highest BCUT2D eigenvalue weighted by atomic mass is 15.1. The lowest BCUT2D eigenvalue weighted by Crippen LogP contribution is -2.26. The molecule has 8 aromatic carbocycles. The Kier molecular flexibility index (Phi) is 6.72. The summed E-state index contributed by atoms with van der Waals surface area (Å²) in [6.07, 6.45) is 0. The van der Waals surface area contributed by atoms with Gasteiger partial charge in [-0.15, -0.1) is 0 Å². The van der Waals surface area contributed by atoms with E-state index in [9.17, 15) is 0 Å². The zero-order chi connectivity index (χ0) is 37.1. The number of rotatable bonds is 4. The summed E-state index contributed by atoms with van der Waals surface area (Å²) in [6, 6.07) is 66.3. The summed E-state index contributed by atoms with van der Waals surface area (Å²) in [5.74, 6) is 0. The third-order valence-electron chi connectivity index (χ3n) is 12.8. The van der Waals surface area contributed by atoms with Crippen LogP contribution >= 0.6 is 0 Å². The smallest absolute Gasteiger partial charge is 0.0725 e. The summed E-state index contributed by atoms with van der Waals surface area (Å²) >= 11 is 0. The quantitative estimate of drug-likeness (QED) is 0.176. The topological polar surface area (TPSA) is 3.24 Å². The van der Waals surface area contributed by atoms with Crippen molar-refractivity contribution in [3.05, 3.63) is 220 Å². The highest BCUT2D eigenvalue weighted by Gasteiger charge is 2.52. The van der Waals surface area contributed by atoms with Crippen LogP contribution in [-0.2, 0) is 10.8 Å². The van der Waals surface area contributed by atoms with Gasteiger partial charge >= 0.3 is 0 Å². The Labute approximate surface area is 324 Å². The molecule has 0 aliphatic heterocycles. The van der Waals surface area contributed by atoms with Gasteiger partial charge in [0.25, 0.3) is 0 Å². The highest BCUT2D eigenvalue weighted by Crippen LogP contribution is 2.63. The van der Waals surface area contributed by atoms with Crippen molar-refractivity contribution >= 4 is 17.1 Å². The zero-order valence-electron chi connectivity index (χ0n) is 31.7. The fourth-order valence-corrected chi connectivity index (χ4v) is 10.3. The lowest BCUT2D eigenvalue weighted by Gasteiger charge is -2.32. The average molecular weight is 704 g/mol. The van der Waals surface area contributed by atoms with E-state index >= 15 is 0 Å². The predicted molar refractivity (Wildman–Crippen MR) is 230 cm³/mol. The normalized spacial score (nSPS) is 14.5. The Hall–Kier alpha value is -6.44. The molecule has 11 rings (SSSR count). The van der Waals surface area contributed by atoms with Gasteiger partial charge in [0.05, 0.1) is 11.1 Å². The van der Waals surface area contributed by atoms with Gasteiger partial charge in [0.15, 0.2) is 0 Å². The van der Waals surface area contributed by atoms with E-state index in [4.69, 9.17) is 0 Å². The second kappa shape index (κ2) is 11.5. The Morgan fingerprint density at radius 3 is 1.55 bits per heavy atom. The Balaban J connectivity index is 1.18. The molecule has 55 heavy (non-hydrogen) atoms. The molecule has 1 spiro atoms. The largest absolute Gasteiger partial charge is 0.310 e. The van der Waals surface area contributed by atoms with Gasteiger partial charge in [0.1, 0.15) is 0 Å². The molecule has 8 aromatic rings. The number of nitrogens with zero attached hydrogens (tertiary/aromatic N) is 1. The molecule has 0 N–H and O–H groups in total. The molecule has 0 heterocycles. The van der Waals surface area contributed by atoms with E-state index in [1.54, 1.807) is 0 Å². The van der Waals surface area contributed by atoms with Gasteiger partial charge in [-0.2, -0.15) is 0 Å². The zero-order valence-corrected chi connectivity index (χ0v) is 31.7. The van der Waals surface area contributed by atoms with Crippen molar-refractivity contribution in [1.29, 1.82) is 0 Å². The molecule has 0 bridgehead atoms. The lowest BCUT2D eigenvalue weighted by atomic mass is 9.70. The molecule has 1 heteroatoms. The highest BCUT2D eigenvalue weighted by molar-refractivity contribution is 5.98. The van der Waals surface area contributed by atoms with Crippen LogP contribution in [0.1, 0.15) is 58.4 Å². The number of hydrogen-bond donors (Lipinski definition) is 0. The van der Waals surface area contributed by atoms with Crippen molar-refractivity contribution in [2.24, 2.45) is 0 Å². The Morgan fingerprint density at radius 2 is 0.836 bits per heavy atom. The summed E-state index contributed by atoms with van der Waals surface area (Å²) < 4.78 is 0. The molecule has 3 aliphatic carbocycles. The molecule has 0 fully saturated rings. The molecular weight excluding hydrogens is 663 g/mol. The van der Waals surface area contributed by atoms with Crippen molar-refractivity contribution in [3.63, 3.8) is 0 Å². The van der Waals surface area contributed by atoms with E-state index in [2.05, 4.69) is 209 Å². The molecule has 0 saturated heterocycles. The standard InChI is InChI=1S/C54H41N/c1-34-22-26-43-44-27-23-35(2)31-51(44)54(50(43)30-34)47-20-12-9-18-41(47)45-32-37(25-29-48(45)54)55(52-21-13-10-16-39(52)36-14-6-5-7-15-36)38-24-28-42-40-17-8-11-19-46(40)53(3,4)49(42)33-38/h5-33H,1-4H3. The Morgan fingerprint density at radius 1 is 0.345 bits per heavy atom. The molecule has 1 nitrogen and oxygen atoms in total. The molecule has 0 unspecified atom stereocenters. The molecule has 0 aromatic heterocycles. The first-order chi connectivity index (χ1) is 26.9. The molecule has 3 aliphatic rings. The van der Waals surface area contributed by atoms with Crippen LogP contribution in [0.25, 0.3) is 44.5 Å². The van der Waals surface area contributed by atoms with Crippen molar-refractivity contribution in [3.8, 4) is 44.5 Å². The average Bonchev–Trinajstić information content (AvgIpc) is 3.76. The van der Waals surface area contributed by atoms with Gasteiger partial charge in [0, 0.05) is 22.4 Å². The molecule has 0 atom stereocenters. The number of fused-ring (bicyclic) bond motifs is 13. The van der Waals surface area contributed by atoms with Crippen LogP contribution in [0.15, 0.2) is 176 Å². The van der Waals surface area contributed by atoms with Crippen LogP contribution in [0.4, 0.5) is 17.1 Å². The van der Waals surface area contributed by atoms with E-state index < -0.39 is 0 Å². The first-order valence-electron chi connectivity index (χ1n) is 19.5. The summed E-state index contributed by atoms with van der Waals surface area (Å²) in [5.41, 5.74) is 24.1. The van der Waals surface area contributed by atoms with Crippen molar-refractivity contribution in [2.45, 2.75) is 38.5 Å². The second-order valence-electron chi connectivity index (χ2n) is 16.2. The summed E-state index contributed by atoms with van der Waals surface area (Å²) in [7, 11) is 0. The van der Waals surface area contributed by atoms with Crippen molar-refractivity contribution < 1.29 is 0 Å². The van der Waals surface area contributed by atoms with Gasteiger partial charge in [-0.1, -0.05) is 171 Å². The fraction of sp³-hybridized carbons (Fsp3) is 0.111. The molecule has 0 radical (unpaired) electrons. The summed E-state index contributed by atoms with van der Waals surface area (Å²) in [4.78, 5) is 2.50.